The van der Waals surface area contributed by atoms with E-state index in [4.69, 9.17) is 16.3 Å². The number of nitrogens with zero attached hydrogens (tertiary/aromatic N) is 1. The highest BCUT2D eigenvalue weighted by Gasteiger charge is 2.46. The van der Waals surface area contributed by atoms with E-state index in [1.54, 1.807) is 11.3 Å². The molecule has 1 saturated heterocycles. The largest absolute Gasteiger partial charge is 0.369 e. The first-order chi connectivity index (χ1) is 10.2. The van der Waals surface area contributed by atoms with Crippen LogP contribution in [0.3, 0.4) is 0 Å². The van der Waals surface area contributed by atoms with Crippen molar-refractivity contribution in [2.75, 3.05) is 6.61 Å². The zero-order chi connectivity index (χ0) is 14.4. The molecule has 0 amide bonds. The van der Waals surface area contributed by atoms with E-state index in [2.05, 4.69) is 28.5 Å². The third-order valence-corrected chi connectivity index (χ3v) is 6.01. The van der Waals surface area contributed by atoms with Gasteiger partial charge in [-0.25, -0.2) is 0 Å². The van der Waals surface area contributed by atoms with Crippen molar-refractivity contribution in [2.45, 2.75) is 43.9 Å². The fourth-order valence-corrected chi connectivity index (χ4v) is 5.19. The Kier molecular flexibility index (Phi) is 3.34. The topological polar surface area (TPSA) is 49.9 Å². The van der Waals surface area contributed by atoms with Crippen molar-refractivity contribution < 1.29 is 4.74 Å². The second kappa shape index (κ2) is 5.09. The second-order valence-electron chi connectivity index (χ2n) is 6.06. The number of aromatic amines is 1. The summed E-state index contributed by atoms with van der Waals surface area (Å²) in [5, 5.41) is 10.6. The average Bonchev–Trinajstić information content (AvgIpc) is 3.07. The van der Waals surface area contributed by atoms with E-state index in [0.717, 1.165) is 30.2 Å². The molecule has 4 heterocycles. The SMILES string of the molecule is CC1CC2(CC(c3cn[nH]c3)N1)OCCc1cc(Cl)sc12. The molecular weight excluding hydrogens is 306 g/mol. The van der Waals surface area contributed by atoms with Crippen LogP contribution in [0.2, 0.25) is 4.34 Å². The molecule has 112 valence electrons. The molecule has 4 nitrogen and oxygen atoms in total. The molecule has 0 aliphatic carbocycles. The van der Waals surface area contributed by atoms with Crippen LogP contribution in [0.4, 0.5) is 0 Å². The first kappa shape index (κ1) is 13.8. The van der Waals surface area contributed by atoms with Crippen LogP contribution in [0.15, 0.2) is 18.5 Å². The van der Waals surface area contributed by atoms with E-state index in [9.17, 15) is 0 Å². The van der Waals surface area contributed by atoms with E-state index in [-0.39, 0.29) is 11.6 Å². The molecule has 0 saturated carbocycles. The number of nitrogens with one attached hydrogen (secondary N) is 2. The average molecular weight is 324 g/mol. The van der Waals surface area contributed by atoms with Crippen LogP contribution >= 0.6 is 22.9 Å². The molecule has 2 N–H and O–H groups in total. The van der Waals surface area contributed by atoms with Gasteiger partial charge in [0.1, 0.15) is 5.60 Å². The van der Waals surface area contributed by atoms with Gasteiger partial charge in [-0.15, -0.1) is 11.3 Å². The lowest BCUT2D eigenvalue weighted by molar-refractivity contribution is -0.0954. The molecule has 0 radical (unpaired) electrons. The normalized spacial score (nSPS) is 32.3. The van der Waals surface area contributed by atoms with E-state index in [1.165, 1.54) is 16.0 Å². The van der Waals surface area contributed by atoms with Gasteiger partial charge in [-0.2, -0.15) is 5.10 Å². The molecule has 1 fully saturated rings. The minimum absolute atomic E-state index is 0.196. The molecule has 1 spiro atoms. The molecule has 6 heteroatoms. The van der Waals surface area contributed by atoms with E-state index < -0.39 is 0 Å². The number of aromatic nitrogens is 2. The molecule has 21 heavy (non-hydrogen) atoms. The number of fused-ring (bicyclic) bond motifs is 2. The first-order valence-corrected chi connectivity index (χ1v) is 8.53. The second-order valence-corrected chi connectivity index (χ2v) is 7.74. The maximum absolute atomic E-state index is 6.33. The number of H-pyrrole nitrogens is 1. The van der Waals surface area contributed by atoms with Gasteiger partial charge in [0.05, 0.1) is 17.1 Å². The quantitative estimate of drug-likeness (QED) is 0.845. The molecule has 0 aromatic carbocycles. The highest BCUT2D eigenvalue weighted by Crippen LogP contribution is 2.49. The zero-order valence-corrected chi connectivity index (χ0v) is 13.4. The number of ether oxygens (including phenoxy) is 1. The molecule has 4 rings (SSSR count). The van der Waals surface area contributed by atoms with Gasteiger partial charge in [0, 0.05) is 35.1 Å². The fraction of sp³-hybridized carbons (Fsp3) is 0.533. The summed E-state index contributed by atoms with van der Waals surface area (Å²) in [5.74, 6) is 0. The Morgan fingerprint density at radius 2 is 2.38 bits per heavy atom. The van der Waals surface area contributed by atoms with Crippen molar-refractivity contribution in [1.82, 2.24) is 15.5 Å². The zero-order valence-electron chi connectivity index (χ0n) is 11.9. The van der Waals surface area contributed by atoms with Crippen LogP contribution in [0.5, 0.6) is 0 Å². The van der Waals surface area contributed by atoms with Gasteiger partial charge in [-0.1, -0.05) is 11.6 Å². The monoisotopic (exact) mass is 323 g/mol. The van der Waals surface area contributed by atoms with Crippen molar-refractivity contribution in [3.8, 4) is 0 Å². The molecule has 0 bridgehead atoms. The van der Waals surface area contributed by atoms with Crippen molar-refractivity contribution >= 4 is 22.9 Å². The summed E-state index contributed by atoms with van der Waals surface area (Å²) < 4.78 is 7.20. The Labute approximate surface area is 132 Å². The lowest BCUT2D eigenvalue weighted by atomic mass is 9.78. The summed E-state index contributed by atoms with van der Waals surface area (Å²) >= 11 is 7.94. The highest BCUT2D eigenvalue weighted by atomic mass is 35.5. The van der Waals surface area contributed by atoms with Gasteiger partial charge >= 0.3 is 0 Å². The Balaban J connectivity index is 1.73. The summed E-state index contributed by atoms with van der Waals surface area (Å²) in [4.78, 5) is 1.33. The molecular formula is C15H18ClN3OS. The minimum atomic E-state index is -0.196. The number of thiophene rings is 1. The molecule has 3 atom stereocenters. The van der Waals surface area contributed by atoms with Gasteiger partial charge in [-0.3, -0.25) is 5.10 Å². The van der Waals surface area contributed by atoms with E-state index in [1.807, 2.05) is 12.4 Å². The number of hydrogen-bond acceptors (Lipinski definition) is 4. The van der Waals surface area contributed by atoms with Crippen LogP contribution in [-0.2, 0) is 16.8 Å². The summed E-state index contributed by atoms with van der Waals surface area (Å²) in [6, 6.07) is 2.77. The van der Waals surface area contributed by atoms with Crippen molar-refractivity contribution in [3.05, 3.63) is 38.8 Å². The number of rotatable bonds is 1. The van der Waals surface area contributed by atoms with Crippen LogP contribution < -0.4 is 5.32 Å². The van der Waals surface area contributed by atoms with Crippen molar-refractivity contribution in [3.63, 3.8) is 0 Å². The lowest BCUT2D eigenvalue weighted by Crippen LogP contribution is -2.49. The lowest BCUT2D eigenvalue weighted by Gasteiger charge is -2.46. The maximum Gasteiger partial charge on any atom is 0.106 e. The van der Waals surface area contributed by atoms with Gasteiger partial charge in [0.15, 0.2) is 0 Å². The Bertz CT molecular complexity index is 641. The van der Waals surface area contributed by atoms with Crippen LogP contribution in [0, 0.1) is 0 Å². The highest BCUT2D eigenvalue weighted by molar-refractivity contribution is 7.16. The summed E-state index contributed by atoms with van der Waals surface area (Å²) in [5.41, 5.74) is 2.37. The van der Waals surface area contributed by atoms with E-state index in [0.29, 0.717) is 6.04 Å². The first-order valence-electron chi connectivity index (χ1n) is 7.34. The number of hydrogen-bond donors (Lipinski definition) is 2. The van der Waals surface area contributed by atoms with Gasteiger partial charge < -0.3 is 10.1 Å². The maximum atomic E-state index is 6.33. The van der Waals surface area contributed by atoms with Gasteiger partial charge in [0.25, 0.3) is 0 Å². The van der Waals surface area contributed by atoms with Crippen LogP contribution in [0.25, 0.3) is 0 Å². The van der Waals surface area contributed by atoms with Gasteiger partial charge in [0.2, 0.25) is 0 Å². The predicted molar refractivity (Wildman–Crippen MR) is 83.8 cm³/mol. The molecule has 3 unspecified atom stereocenters. The molecule has 2 aromatic rings. The summed E-state index contributed by atoms with van der Waals surface area (Å²) in [7, 11) is 0. The standard InChI is InChI=1S/C15H18ClN3OS/c1-9-5-15(6-12(19-9)11-7-17-18-8-11)14-10(2-3-20-15)4-13(16)21-14/h4,7-9,12,19H,2-3,5-6H2,1H3,(H,17,18). The fourth-order valence-electron chi connectivity index (χ4n) is 3.73. The summed E-state index contributed by atoms with van der Waals surface area (Å²) in [6.07, 6.45) is 6.76. The van der Waals surface area contributed by atoms with Crippen LogP contribution in [-0.4, -0.2) is 22.8 Å². The molecule has 2 aromatic heterocycles. The Morgan fingerprint density at radius 1 is 1.48 bits per heavy atom. The smallest absolute Gasteiger partial charge is 0.106 e. The van der Waals surface area contributed by atoms with Crippen molar-refractivity contribution in [2.24, 2.45) is 0 Å². The Morgan fingerprint density at radius 3 is 3.19 bits per heavy atom. The minimum Gasteiger partial charge on any atom is -0.369 e. The third-order valence-electron chi connectivity index (χ3n) is 4.52. The third kappa shape index (κ3) is 2.32. The molecule has 2 aliphatic rings. The van der Waals surface area contributed by atoms with Crippen molar-refractivity contribution in [1.29, 1.82) is 0 Å². The van der Waals surface area contributed by atoms with Gasteiger partial charge in [-0.05, 0) is 31.4 Å². The number of piperidine rings is 1. The summed E-state index contributed by atoms with van der Waals surface area (Å²) in [6.45, 7) is 3.01. The Hall–Kier alpha value is -0.880. The van der Waals surface area contributed by atoms with E-state index >= 15 is 0 Å². The molecule has 2 aliphatic heterocycles. The predicted octanol–water partition coefficient (Wildman–Crippen LogP) is 3.41. The number of halogens is 1. The van der Waals surface area contributed by atoms with Crippen LogP contribution in [0.1, 0.15) is 41.8 Å².